The molecule has 0 aromatic carbocycles. The Kier molecular flexibility index (Phi) is 3.58. The molecule has 0 aliphatic carbocycles. The SMILES string of the molecule is Cc1ccc2nc(NCC3CN(C)CCN3C)nn2c1. The predicted octanol–water partition coefficient (Wildman–Crippen LogP) is 0.695. The molecule has 108 valence electrons. The summed E-state index contributed by atoms with van der Waals surface area (Å²) in [7, 11) is 4.35. The third kappa shape index (κ3) is 2.76. The summed E-state index contributed by atoms with van der Waals surface area (Å²) in [6, 6.07) is 4.55. The molecule has 20 heavy (non-hydrogen) atoms. The van der Waals surface area contributed by atoms with Crippen molar-refractivity contribution in [3.8, 4) is 0 Å². The number of piperazine rings is 1. The van der Waals surface area contributed by atoms with Crippen LogP contribution in [0.15, 0.2) is 18.3 Å². The molecule has 6 nitrogen and oxygen atoms in total. The van der Waals surface area contributed by atoms with Crippen LogP contribution in [0.5, 0.6) is 0 Å². The highest BCUT2D eigenvalue weighted by Crippen LogP contribution is 2.09. The lowest BCUT2D eigenvalue weighted by Crippen LogP contribution is -2.52. The van der Waals surface area contributed by atoms with Crippen LogP contribution in [0.3, 0.4) is 0 Å². The Morgan fingerprint density at radius 1 is 1.30 bits per heavy atom. The molecule has 0 bridgehead atoms. The Bertz CT molecular complexity index is 592. The minimum Gasteiger partial charge on any atom is -0.351 e. The van der Waals surface area contributed by atoms with Crippen LogP contribution in [-0.2, 0) is 0 Å². The molecule has 1 aliphatic rings. The number of nitrogens with one attached hydrogen (secondary N) is 1. The van der Waals surface area contributed by atoms with Gasteiger partial charge in [0.1, 0.15) is 0 Å². The second-order valence-electron chi connectivity index (χ2n) is 5.72. The van der Waals surface area contributed by atoms with E-state index in [1.165, 1.54) is 5.56 Å². The van der Waals surface area contributed by atoms with Crippen LogP contribution in [0, 0.1) is 6.92 Å². The summed E-state index contributed by atoms with van der Waals surface area (Å²) < 4.78 is 1.83. The van der Waals surface area contributed by atoms with Gasteiger partial charge < -0.3 is 10.2 Å². The van der Waals surface area contributed by atoms with E-state index < -0.39 is 0 Å². The van der Waals surface area contributed by atoms with Crippen LogP contribution in [0.4, 0.5) is 5.95 Å². The summed E-state index contributed by atoms with van der Waals surface area (Å²) in [4.78, 5) is 9.25. The molecular weight excluding hydrogens is 252 g/mol. The van der Waals surface area contributed by atoms with Gasteiger partial charge in [-0.2, -0.15) is 4.98 Å². The number of hydrogen-bond acceptors (Lipinski definition) is 5. The number of pyridine rings is 1. The number of fused-ring (bicyclic) bond motifs is 1. The standard InChI is InChI=1S/C14H22N6/c1-11-4-5-13-16-14(17-20(13)9-11)15-8-12-10-18(2)6-7-19(12)3/h4-5,9,12H,6-8,10H2,1-3H3,(H,15,17). The number of aryl methyl sites for hydroxylation is 1. The molecule has 3 rings (SSSR count). The minimum atomic E-state index is 0.502. The molecule has 0 amide bonds. The Balaban J connectivity index is 1.67. The zero-order chi connectivity index (χ0) is 14.1. The highest BCUT2D eigenvalue weighted by molar-refractivity contribution is 5.44. The quantitative estimate of drug-likeness (QED) is 0.892. The lowest BCUT2D eigenvalue weighted by molar-refractivity contribution is 0.121. The van der Waals surface area contributed by atoms with Crippen LogP contribution < -0.4 is 5.32 Å². The van der Waals surface area contributed by atoms with Crippen molar-refractivity contribution >= 4 is 11.6 Å². The van der Waals surface area contributed by atoms with Gasteiger partial charge in [-0.25, -0.2) is 4.52 Å². The molecule has 0 saturated carbocycles. The van der Waals surface area contributed by atoms with Gasteiger partial charge in [-0.15, -0.1) is 5.10 Å². The van der Waals surface area contributed by atoms with E-state index in [0.717, 1.165) is 31.8 Å². The summed E-state index contributed by atoms with van der Waals surface area (Å²) >= 11 is 0. The predicted molar refractivity (Wildman–Crippen MR) is 80.1 cm³/mol. The van der Waals surface area contributed by atoms with Crippen LogP contribution in [0.1, 0.15) is 5.56 Å². The third-order valence-corrected chi connectivity index (χ3v) is 3.95. The van der Waals surface area contributed by atoms with Crippen LogP contribution in [0.25, 0.3) is 5.65 Å². The van der Waals surface area contributed by atoms with E-state index in [0.29, 0.717) is 12.0 Å². The monoisotopic (exact) mass is 274 g/mol. The molecule has 1 saturated heterocycles. The highest BCUT2D eigenvalue weighted by atomic mass is 15.4. The largest absolute Gasteiger partial charge is 0.351 e. The van der Waals surface area contributed by atoms with E-state index in [9.17, 15) is 0 Å². The maximum absolute atomic E-state index is 4.49. The van der Waals surface area contributed by atoms with Gasteiger partial charge in [-0.1, -0.05) is 6.07 Å². The second kappa shape index (κ2) is 5.38. The van der Waals surface area contributed by atoms with Crippen molar-refractivity contribution in [2.45, 2.75) is 13.0 Å². The number of nitrogens with zero attached hydrogens (tertiary/aromatic N) is 5. The molecule has 2 aromatic heterocycles. The summed E-state index contributed by atoms with van der Waals surface area (Å²) in [5.74, 6) is 0.706. The van der Waals surface area contributed by atoms with Crippen LogP contribution in [0.2, 0.25) is 0 Å². The van der Waals surface area contributed by atoms with Gasteiger partial charge >= 0.3 is 0 Å². The van der Waals surface area contributed by atoms with E-state index in [1.54, 1.807) is 0 Å². The number of rotatable bonds is 3. The van der Waals surface area contributed by atoms with Gasteiger partial charge in [-0.3, -0.25) is 4.90 Å². The van der Waals surface area contributed by atoms with E-state index in [4.69, 9.17) is 0 Å². The van der Waals surface area contributed by atoms with Crippen molar-refractivity contribution in [2.75, 3.05) is 45.6 Å². The molecular formula is C14H22N6. The van der Waals surface area contributed by atoms with Gasteiger partial charge in [0.25, 0.3) is 0 Å². The maximum Gasteiger partial charge on any atom is 0.243 e. The summed E-state index contributed by atoms with van der Waals surface area (Å²) in [5.41, 5.74) is 2.06. The lowest BCUT2D eigenvalue weighted by atomic mass is 10.2. The van der Waals surface area contributed by atoms with Gasteiger partial charge in [0.15, 0.2) is 5.65 Å². The number of anilines is 1. The van der Waals surface area contributed by atoms with Crippen LogP contribution >= 0.6 is 0 Å². The van der Waals surface area contributed by atoms with Crippen molar-refractivity contribution < 1.29 is 0 Å². The average molecular weight is 274 g/mol. The normalized spacial score (nSPS) is 21.4. The summed E-state index contributed by atoms with van der Waals surface area (Å²) in [5, 5.41) is 7.83. The van der Waals surface area contributed by atoms with E-state index in [-0.39, 0.29) is 0 Å². The fourth-order valence-electron chi connectivity index (χ4n) is 2.59. The first-order valence-corrected chi connectivity index (χ1v) is 7.07. The molecule has 1 unspecified atom stereocenters. The fourth-order valence-corrected chi connectivity index (χ4v) is 2.59. The Morgan fingerprint density at radius 2 is 2.15 bits per heavy atom. The zero-order valence-electron chi connectivity index (χ0n) is 12.4. The number of likely N-dealkylation sites (N-methyl/N-ethyl adjacent to an activating group) is 2. The number of aromatic nitrogens is 3. The molecule has 1 fully saturated rings. The van der Waals surface area contributed by atoms with Crippen molar-refractivity contribution in [1.29, 1.82) is 0 Å². The minimum absolute atomic E-state index is 0.502. The molecule has 1 atom stereocenters. The molecule has 6 heteroatoms. The molecule has 3 heterocycles. The molecule has 1 N–H and O–H groups in total. The van der Waals surface area contributed by atoms with Gasteiger partial charge in [0, 0.05) is 38.4 Å². The Morgan fingerprint density at radius 3 is 3.00 bits per heavy atom. The first kappa shape index (κ1) is 13.3. The van der Waals surface area contributed by atoms with E-state index in [2.05, 4.69) is 52.3 Å². The van der Waals surface area contributed by atoms with E-state index >= 15 is 0 Å². The van der Waals surface area contributed by atoms with Crippen molar-refractivity contribution in [2.24, 2.45) is 0 Å². The zero-order valence-corrected chi connectivity index (χ0v) is 12.4. The first-order valence-electron chi connectivity index (χ1n) is 7.07. The highest BCUT2D eigenvalue weighted by Gasteiger charge is 2.22. The van der Waals surface area contributed by atoms with E-state index in [1.807, 2.05) is 16.8 Å². The van der Waals surface area contributed by atoms with Crippen molar-refractivity contribution in [1.82, 2.24) is 24.4 Å². The van der Waals surface area contributed by atoms with Crippen molar-refractivity contribution in [3.05, 3.63) is 23.9 Å². The summed E-state index contributed by atoms with van der Waals surface area (Å²) in [6.45, 7) is 6.26. The Labute approximate surface area is 119 Å². The smallest absolute Gasteiger partial charge is 0.243 e. The van der Waals surface area contributed by atoms with Gasteiger partial charge in [0.05, 0.1) is 0 Å². The van der Waals surface area contributed by atoms with Gasteiger partial charge in [0.2, 0.25) is 5.95 Å². The Hall–Kier alpha value is -1.66. The average Bonchev–Trinajstić information content (AvgIpc) is 2.81. The molecule has 0 radical (unpaired) electrons. The first-order chi connectivity index (χ1) is 9.61. The third-order valence-electron chi connectivity index (χ3n) is 3.95. The van der Waals surface area contributed by atoms with Gasteiger partial charge in [-0.05, 0) is 32.6 Å². The fraction of sp³-hybridized carbons (Fsp3) is 0.571. The topological polar surface area (TPSA) is 48.7 Å². The van der Waals surface area contributed by atoms with Crippen molar-refractivity contribution in [3.63, 3.8) is 0 Å². The lowest BCUT2D eigenvalue weighted by Gasteiger charge is -2.37. The molecule has 2 aromatic rings. The second-order valence-corrected chi connectivity index (χ2v) is 5.72. The maximum atomic E-state index is 4.49. The van der Waals surface area contributed by atoms with Crippen LogP contribution in [-0.4, -0.2) is 70.7 Å². The summed E-state index contributed by atoms with van der Waals surface area (Å²) in [6.07, 6.45) is 1.99. The number of hydrogen-bond donors (Lipinski definition) is 1. The molecule has 0 spiro atoms. The molecule has 1 aliphatic heterocycles.